The van der Waals surface area contributed by atoms with Gasteiger partial charge in [0.15, 0.2) is 0 Å². The van der Waals surface area contributed by atoms with E-state index in [0.29, 0.717) is 0 Å². The zero-order valence-electron chi connectivity index (χ0n) is 9.68. The van der Waals surface area contributed by atoms with Crippen molar-refractivity contribution >= 4 is 21.5 Å². The van der Waals surface area contributed by atoms with Gasteiger partial charge in [-0.25, -0.2) is 0 Å². The SMILES string of the molecule is c1cc(-c2occ3ccccc23)c2c[nH]cc2c1. The predicted octanol–water partition coefficient (Wildman–Crippen LogP) is 4.58. The second kappa shape index (κ2) is 3.50. The average molecular weight is 233 g/mol. The molecule has 1 N–H and O–H groups in total. The Labute approximate surface area is 104 Å². The van der Waals surface area contributed by atoms with Gasteiger partial charge in [0, 0.05) is 34.1 Å². The van der Waals surface area contributed by atoms with E-state index in [4.69, 9.17) is 4.42 Å². The Morgan fingerprint density at radius 3 is 2.67 bits per heavy atom. The predicted molar refractivity (Wildman–Crippen MR) is 73.5 cm³/mol. The lowest BCUT2D eigenvalue weighted by molar-refractivity contribution is 0.588. The summed E-state index contributed by atoms with van der Waals surface area (Å²) in [7, 11) is 0. The highest BCUT2D eigenvalue weighted by molar-refractivity contribution is 6.03. The van der Waals surface area contributed by atoms with Crippen LogP contribution in [-0.2, 0) is 0 Å². The molecule has 2 nitrogen and oxygen atoms in total. The molecule has 2 heteroatoms. The molecule has 2 heterocycles. The normalized spacial score (nSPS) is 11.3. The van der Waals surface area contributed by atoms with Gasteiger partial charge in [0.2, 0.25) is 0 Å². The van der Waals surface area contributed by atoms with Crippen LogP contribution in [0.3, 0.4) is 0 Å². The third-order valence-corrected chi connectivity index (χ3v) is 3.36. The van der Waals surface area contributed by atoms with Crippen molar-refractivity contribution in [2.45, 2.75) is 0 Å². The second-order valence-electron chi connectivity index (χ2n) is 4.42. The summed E-state index contributed by atoms with van der Waals surface area (Å²) >= 11 is 0. The van der Waals surface area contributed by atoms with Crippen molar-refractivity contribution in [1.82, 2.24) is 4.98 Å². The summed E-state index contributed by atoms with van der Waals surface area (Å²) in [5.41, 5.74) is 1.13. The molecule has 4 aromatic rings. The van der Waals surface area contributed by atoms with E-state index in [1.807, 2.05) is 30.8 Å². The maximum Gasteiger partial charge on any atom is 0.142 e. The Bertz CT molecular complexity index is 838. The largest absolute Gasteiger partial charge is 0.463 e. The van der Waals surface area contributed by atoms with E-state index < -0.39 is 0 Å². The molecule has 0 fully saturated rings. The number of aromatic amines is 1. The summed E-state index contributed by atoms with van der Waals surface area (Å²) in [6.45, 7) is 0. The van der Waals surface area contributed by atoms with Gasteiger partial charge in [0.25, 0.3) is 0 Å². The Kier molecular flexibility index (Phi) is 1.86. The number of nitrogens with one attached hydrogen (secondary N) is 1. The number of hydrogen-bond donors (Lipinski definition) is 1. The summed E-state index contributed by atoms with van der Waals surface area (Å²) < 4.78 is 5.76. The van der Waals surface area contributed by atoms with Gasteiger partial charge >= 0.3 is 0 Å². The highest BCUT2D eigenvalue weighted by atomic mass is 16.3. The van der Waals surface area contributed by atoms with Gasteiger partial charge in [-0.05, 0) is 5.39 Å². The standard InChI is InChI=1S/C16H11NO/c1-2-6-13-12(4-1)10-18-16(13)14-7-3-5-11-8-17-9-15(11)14/h1-10,17H. The first-order valence-corrected chi connectivity index (χ1v) is 5.95. The van der Waals surface area contributed by atoms with Crippen molar-refractivity contribution in [3.8, 4) is 11.3 Å². The minimum Gasteiger partial charge on any atom is -0.463 e. The first kappa shape index (κ1) is 9.54. The molecule has 0 atom stereocenters. The fraction of sp³-hybridized carbons (Fsp3) is 0. The maximum atomic E-state index is 5.76. The first-order chi connectivity index (χ1) is 8.93. The zero-order chi connectivity index (χ0) is 11.9. The number of fused-ring (bicyclic) bond motifs is 2. The van der Waals surface area contributed by atoms with Crippen LogP contribution in [0.5, 0.6) is 0 Å². The summed E-state index contributed by atoms with van der Waals surface area (Å²) in [5.74, 6) is 0.941. The van der Waals surface area contributed by atoms with E-state index in [-0.39, 0.29) is 0 Å². The Morgan fingerprint density at radius 1 is 0.778 bits per heavy atom. The van der Waals surface area contributed by atoms with Crippen molar-refractivity contribution in [3.63, 3.8) is 0 Å². The Hall–Kier alpha value is -2.48. The van der Waals surface area contributed by atoms with E-state index in [1.165, 1.54) is 10.8 Å². The van der Waals surface area contributed by atoms with Crippen LogP contribution in [0.15, 0.2) is 65.5 Å². The molecule has 2 aromatic carbocycles. The molecule has 0 bridgehead atoms. The quantitative estimate of drug-likeness (QED) is 0.512. The summed E-state index contributed by atoms with van der Waals surface area (Å²) in [6, 6.07) is 14.5. The Morgan fingerprint density at radius 2 is 1.67 bits per heavy atom. The number of aromatic nitrogens is 1. The van der Waals surface area contributed by atoms with E-state index in [9.17, 15) is 0 Å². The lowest BCUT2D eigenvalue weighted by Gasteiger charge is -2.00. The molecule has 0 aliphatic carbocycles. The average Bonchev–Trinajstić information content (AvgIpc) is 3.05. The van der Waals surface area contributed by atoms with Crippen molar-refractivity contribution in [3.05, 3.63) is 61.1 Å². The van der Waals surface area contributed by atoms with Gasteiger partial charge in [-0.15, -0.1) is 0 Å². The van der Waals surface area contributed by atoms with Gasteiger partial charge in [-0.3, -0.25) is 0 Å². The number of H-pyrrole nitrogens is 1. The van der Waals surface area contributed by atoms with E-state index in [0.717, 1.165) is 22.1 Å². The van der Waals surface area contributed by atoms with Crippen molar-refractivity contribution in [1.29, 1.82) is 0 Å². The van der Waals surface area contributed by atoms with Crippen molar-refractivity contribution < 1.29 is 4.42 Å². The van der Waals surface area contributed by atoms with E-state index in [1.54, 1.807) is 0 Å². The number of hydrogen-bond acceptors (Lipinski definition) is 1. The van der Waals surface area contributed by atoms with Gasteiger partial charge < -0.3 is 9.40 Å². The maximum absolute atomic E-state index is 5.76. The third kappa shape index (κ3) is 1.23. The van der Waals surface area contributed by atoms with Crippen LogP contribution >= 0.6 is 0 Å². The lowest BCUT2D eigenvalue weighted by Crippen LogP contribution is -1.76. The molecule has 0 saturated heterocycles. The van der Waals surface area contributed by atoms with Crippen LogP contribution in [0.25, 0.3) is 32.9 Å². The van der Waals surface area contributed by atoms with Crippen LogP contribution in [0.1, 0.15) is 0 Å². The van der Waals surface area contributed by atoms with Crippen LogP contribution < -0.4 is 0 Å². The molecule has 18 heavy (non-hydrogen) atoms. The number of rotatable bonds is 1. The minimum absolute atomic E-state index is 0.941. The monoisotopic (exact) mass is 233 g/mol. The number of furan rings is 1. The summed E-state index contributed by atoms with van der Waals surface area (Å²) in [4.78, 5) is 3.15. The number of benzene rings is 2. The molecule has 2 aromatic heterocycles. The van der Waals surface area contributed by atoms with Gasteiger partial charge in [0.05, 0.1) is 6.26 Å². The van der Waals surface area contributed by atoms with Gasteiger partial charge in [-0.2, -0.15) is 0 Å². The third-order valence-electron chi connectivity index (χ3n) is 3.36. The summed E-state index contributed by atoms with van der Waals surface area (Å²) in [6.07, 6.45) is 5.84. The first-order valence-electron chi connectivity index (χ1n) is 5.95. The highest BCUT2D eigenvalue weighted by Crippen LogP contribution is 2.34. The van der Waals surface area contributed by atoms with Gasteiger partial charge in [-0.1, -0.05) is 42.5 Å². The molecule has 0 spiro atoms. The molecule has 0 aliphatic heterocycles. The van der Waals surface area contributed by atoms with Crippen LogP contribution in [0.4, 0.5) is 0 Å². The van der Waals surface area contributed by atoms with Crippen molar-refractivity contribution in [2.75, 3.05) is 0 Å². The molecule has 0 radical (unpaired) electrons. The van der Waals surface area contributed by atoms with E-state index >= 15 is 0 Å². The molecular weight excluding hydrogens is 222 g/mol. The fourth-order valence-electron chi connectivity index (χ4n) is 2.48. The molecule has 0 saturated carbocycles. The van der Waals surface area contributed by atoms with E-state index in [2.05, 4.69) is 35.3 Å². The molecular formula is C16H11NO. The second-order valence-corrected chi connectivity index (χ2v) is 4.42. The molecule has 0 unspecified atom stereocenters. The van der Waals surface area contributed by atoms with Gasteiger partial charge in [0.1, 0.15) is 5.76 Å². The van der Waals surface area contributed by atoms with Crippen LogP contribution in [0, 0.1) is 0 Å². The summed E-state index contributed by atoms with van der Waals surface area (Å²) in [5, 5.41) is 4.69. The fourth-order valence-corrected chi connectivity index (χ4v) is 2.48. The molecule has 86 valence electrons. The molecule has 0 amide bonds. The molecule has 4 rings (SSSR count). The zero-order valence-corrected chi connectivity index (χ0v) is 9.68. The smallest absolute Gasteiger partial charge is 0.142 e. The van der Waals surface area contributed by atoms with Crippen LogP contribution in [-0.4, -0.2) is 4.98 Å². The topological polar surface area (TPSA) is 28.9 Å². The van der Waals surface area contributed by atoms with Crippen LogP contribution in [0.2, 0.25) is 0 Å². The van der Waals surface area contributed by atoms with Crippen molar-refractivity contribution in [2.24, 2.45) is 0 Å². The highest BCUT2D eigenvalue weighted by Gasteiger charge is 2.11. The minimum atomic E-state index is 0.941. The molecule has 0 aliphatic rings. The lowest BCUT2D eigenvalue weighted by atomic mass is 10.0. The Balaban J connectivity index is 2.10.